The van der Waals surface area contributed by atoms with Gasteiger partial charge in [-0.15, -0.1) is 0 Å². The van der Waals surface area contributed by atoms with Crippen LogP contribution in [0.3, 0.4) is 0 Å². The van der Waals surface area contributed by atoms with Crippen molar-refractivity contribution in [2.24, 2.45) is 11.7 Å². The van der Waals surface area contributed by atoms with E-state index in [0.29, 0.717) is 17.5 Å². The molecule has 1 unspecified atom stereocenters. The fourth-order valence-corrected chi connectivity index (χ4v) is 0.976. The van der Waals surface area contributed by atoms with E-state index in [1.54, 1.807) is 0 Å². The Hall–Kier alpha value is -0.640. The van der Waals surface area contributed by atoms with Gasteiger partial charge in [0.2, 0.25) is 5.91 Å². The number of nitrogens with two attached hydrogens (primary N) is 1. The van der Waals surface area contributed by atoms with E-state index in [-0.39, 0.29) is 11.8 Å². The van der Waals surface area contributed by atoms with Crippen LogP contribution in [-0.4, -0.2) is 16.9 Å². The standard InChI is InChI=1S/C8H14N2OS/c1-5(8(9)12)4-7(11)10-6-2-3-6/h5-6H,2-4H2,1H3,(H2,9,12)(H,10,11). The van der Waals surface area contributed by atoms with Crippen LogP contribution in [0.25, 0.3) is 0 Å². The number of rotatable bonds is 4. The maximum Gasteiger partial charge on any atom is 0.220 e. The van der Waals surface area contributed by atoms with E-state index < -0.39 is 0 Å². The second-order valence-corrected chi connectivity index (χ2v) is 3.82. The van der Waals surface area contributed by atoms with Crippen molar-refractivity contribution in [3.05, 3.63) is 0 Å². The lowest BCUT2D eigenvalue weighted by molar-refractivity contribution is -0.121. The molecule has 1 rings (SSSR count). The molecule has 0 saturated heterocycles. The van der Waals surface area contributed by atoms with E-state index in [1.807, 2.05) is 6.92 Å². The van der Waals surface area contributed by atoms with Gasteiger partial charge in [0.05, 0.1) is 4.99 Å². The van der Waals surface area contributed by atoms with Crippen LogP contribution in [0.1, 0.15) is 26.2 Å². The lowest BCUT2D eigenvalue weighted by Gasteiger charge is -2.08. The number of nitrogens with one attached hydrogen (secondary N) is 1. The maximum absolute atomic E-state index is 11.2. The Morgan fingerprint density at radius 2 is 2.33 bits per heavy atom. The van der Waals surface area contributed by atoms with E-state index in [1.165, 1.54) is 0 Å². The summed E-state index contributed by atoms with van der Waals surface area (Å²) in [7, 11) is 0. The number of hydrogen-bond donors (Lipinski definition) is 2. The molecule has 0 spiro atoms. The largest absolute Gasteiger partial charge is 0.393 e. The third-order valence-corrected chi connectivity index (χ3v) is 2.32. The molecular weight excluding hydrogens is 172 g/mol. The Bertz CT molecular complexity index is 201. The van der Waals surface area contributed by atoms with Gasteiger partial charge in [-0.05, 0) is 12.8 Å². The van der Waals surface area contributed by atoms with Crippen molar-refractivity contribution in [1.82, 2.24) is 5.32 Å². The zero-order valence-corrected chi connectivity index (χ0v) is 7.99. The van der Waals surface area contributed by atoms with Gasteiger partial charge >= 0.3 is 0 Å². The monoisotopic (exact) mass is 186 g/mol. The van der Waals surface area contributed by atoms with E-state index in [4.69, 9.17) is 18.0 Å². The Kier molecular flexibility index (Phi) is 3.03. The molecule has 1 aliphatic carbocycles. The molecule has 1 atom stereocenters. The van der Waals surface area contributed by atoms with Crippen LogP contribution in [0.15, 0.2) is 0 Å². The van der Waals surface area contributed by atoms with Crippen LogP contribution in [-0.2, 0) is 4.79 Å². The van der Waals surface area contributed by atoms with Crippen molar-refractivity contribution >= 4 is 23.1 Å². The van der Waals surface area contributed by atoms with Gasteiger partial charge in [0.1, 0.15) is 0 Å². The smallest absolute Gasteiger partial charge is 0.220 e. The lowest BCUT2D eigenvalue weighted by atomic mass is 10.1. The minimum absolute atomic E-state index is 0.0127. The molecule has 12 heavy (non-hydrogen) atoms. The summed E-state index contributed by atoms with van der Waals surface area (Å²) in [5.41, 5.74) is 5.38. The lowest BCUT2D eigenvalue weighted by Crippen LogP contribution is -2.30. The Morgan fingerprint density at radius 1 is 1.75 bits per heavy atom. The summed E-state index contributed by atoms with van der Waals surface area (Å²) in [6.45, 7) is 1.87. The number of amides is 1. The number of hydrogen-bond acceptors (Lipinski definition) is 2. The second kappa shape index (κ2) is 3.85. The topological polar surface area (TPSA) is 55.1 Å². The average molecular weight is 186 g/mol. The van der Waals surface area contributed by atoms with Gasteiger partial charge < -0.3 is 11.1 Å². The first-order valence-electron chi connectivity index (χ1n) is 4.18. The van der Waals surface area contributed by atoms with Gasteiger partial charge in [-0.1, -0.05) is 19.1 Å². The summed E-state index contributed by atoms with van der Waals surface area (Å²) < 4.78 is 0. The Labute approximate surface area is 77.7 Å². The summed E-state index contributed by atoms with van der Waals surface area (Å²) in [5, 5.41) is 2.89. The van der Waals surface area contributed by atoms with Crippen molar-refractivity contribution in [2.45, 2.75) is 32.2 Å². The molecule has 0 aromatic rings. The molecule has 1 amide bonds. The molecule has 0 aliphatic heterocycles. The molecule has 0 radical (unpaired) electrons. The SMILES string of the molecule is CC(CC(=O)NC1CC1)C(N)=S. The molecule has 1 saturated carbocycles. The van der Waals surface area contributed by atoms with Crippen LogP contribution in [0.4, 0.5) is 0 Å². The maximum atomic E-state index is 11.2. The highest BCUT2D eigenvalue weighted by Crippen LogP contribution is 2.19. The molecular formula is C8H14N2OS. The van der Waals surface area contributed by atoms with E-state index in [2.05, 4.69) is 5.32 Å². The third-order valence-electron chi connectivity index (χ3n) is 1.92. The fourth-order valence-electron chi connectivity index (χ4n) is 0.893. The van der Waals surface area contributed by atoms with Crippen LogP contribution in [0.2, 0.25) is 0 Å². The van der Waals surface area contributed by atoms with Gasteiger partial charge in [-0.25, -0.2) is 0 Å². The van der Waals surface area contributed by atoms with Gasteiger partial charge in [0.25, 0.3) is 0 Å². The predicted molar refractivity (Wildman–Crippen MR) is 51.7 cm³/mol. The summed E-state index contributed by atoms with van der Waals surface area (Å²) in [5.74, 6) is 0.0801. The normalized spacial score (nSPS) is 18.4. The van der Waals surface area contributed by atoms with Gasteiger partial charge in [-0.2, -0.15) is 0 Å². The average Bonchev–Trinajstić information content (AvgIpc) is 2.71. The fraction of sp³-hybridized carbons (Fsp3) is 0.750. The summed E-state index contributed by atoms with van der Waals surface area (Å²) in [6.07, 6.45) is 2.66. The summed E-state index contributed by atoms with van der Waals surface area (Å²) in [4.78, 5) is 11.6. The molecule has 1 aliphatic rings. The van der Waals surface area contributed by atoms with Crippen molar-refractivity contribution in [3.63, 3.8) is 0 Å². The zero-order valence-electron chi connectivity index (χ0n) is 7.17. The molecule has 0 aromatic heterocycles. The molecule has 68 valence electrons. The van der Waals surface area contributed by atoms with Crippen molar-refractivity contribution < 1.29 is 4.79 Å². The quantitative estimate of drug-likeness (QED) is 0.631. The first-order chi connectivity index (χ1) is 5.59. The Morgan fingerprint density at radius 3 is 2.75 bits per heavy atom. The molecule has 3 nitrogen and oxygen atoms in total. The number of thiocarbonyl (C=S) groups is 1. The Balaban J connectivity index is 2.19. The highest BCUT2D eigenvalue weighted by atomic mass is 32.1. The van der Waals surface area contributed by atoms with Gasteiger partial charge in [0, 0.05) is 18.4 Å². The van der Waals surface area contributed by atoms with Crippen molar-refractivity contribution in [3.8, 4) is 0 Å². The molecule has 0 bridgehead atoms. The molecule has 0 heterocycles. The first-order valence-corrected chi connectivity index (χ1v) is 4.59. The van der Waals surface area contributed by atoms with Crippen molar-refractivity contribution in [2.75, 3.05) is 0 Å². The highest BCUT2D eigenvalue weighted by Gasteiger charge is 2.23. The predicted octanol–water partition coefficient (Wildman–Crippen LogP) is 0.577. The number of carbonyl (C=O) groups excluding carboxylic acids is 1. The summed E-state index contributed by atoms with van der Waals surface area (Å²) >= 11 is 4.76. The van der Waals surface area contributed by atoms with Crippen molar-refractivity contribution in [1.29, 1.82) is 0 Å². The number of carbonyl (C=O) groups is 1. The van der Waals surface area contributed by atoms with E-state index in [9.17, 15) is 4.79 Å². The second-order valence-electron chi connectivity index (χ2n) is 3.35. The highest BCUT2D eigenvalue weighted by molar-refractivity contribution is 7.80. The summed E-state index contributed by atoms with van der Waals surface area (Å²) in [6, 6.07) is 0.427. The van der Waals surface area contributed by atoms with Gasteiger partial charge in [0.15, 0.2) is 0 Å². The molecule has 1 fully saturated rings. The van der Waals surface area contributed by atoms with Crippen LogP contribution < -0.4 is 11.1 Å². The molecule has 0 aromatic carbocycles. The minimum Gasteiger partial charge on any atom is -0.393 e. The van der Waals surface area contributed by atoms with Crippen LogP contribution in [0, 0.1) is 5.92 Å². The van der Waals surface area contributed by atoms with E-state index in [0.717, 1.165) is 12.8 Å². The molecule has 3 N–H and O–H groups in total. The minimum atomic E-state index is 0.0127. The first kappa shape index (κ1) is 9.45. The third kappa shape index (κ3) is 3.17. The van der Waals surface area contributed by atoms with Crippen LogP contribution >= 0.6 is 12.2 Å². The van der Waals surface area contributed by atoms with Gasteiger partial charge in [-0.3, -0.25) is 4.79 Å². The molecule has 4 heteroatoms. The van der Waals surface area contributed by atoms with Crippen LogP contribution in [0.5, 0.6) is 0 Å². The zero-order chi connectivity index (χ0) is 9.14. The van der Waals surface area contributed by atoms with E-state index >= 15 is 0 Å².